The minimum Gasteiger partial charge on any atom is -0.396 e. The number of hydrogen-bond donors (Lipinski definition) is 1. The summed E-state index contributed by atoms with van der Waals surface area (Å²) in [6, 6.07) is 3.49. The molecule has 4 heteroatoms. The van der Waals surface area contributed by atoms with Crippen LogP contribution in [0.1, 0.15) is 18.9 Å². The van der Waals surface area contributed by atoms with Gasteiger partial charge in [-0.15, -0.1) is 0 Å². The lowest BCUT2D eigenvalue weighted by Crippen LogP contribution is -2.22. The van der Waals surface area contributed by atoms with Gasteiger partial charge in [-0.1, -0.05) is 6.07 Å². The molecule has 1 aliphatic rings. The average molecular weight is 228 g/mol. The van der Waals surface area contributed by atoms with Crippen molar-refractivity contribution in [1.82, 2.24) is 0 Å². The molecule has 0 unspecified atom stereocenters. The summed E-state index contributed by atoms with van der Waals surface area (Å²) in [4.78, 5) is 0. The largest absolute Gasteiger partial charge is 0.396 e. The monoisotopic (exact) mass is 228 g/mol. The average Bonchev–Trinajstić information content (AvgIpc) is 2.61. The predicted octanol–water partition coefficient (Wildman–Crippen LogP) is 2.21. The van der Waals surface area contributed by atoms with Crippen molar-refractivity contribution in [3.8, 4) is 0 Å². The van der Waals surface area contributed by atoms with E-state index in [0.717, 1.165) is 6.07 Å². The summed E-state index contributed by atoms with van der Waals surface area (Å²) in [5, 5.41) is 9.02. The Kier molecular flexibility index (Phi) is 2.95. The van der Waals surface area contributed by atoms with Crippen LogP contribution in [0.25, 0.3) is 0 Å². The summed E-state index contributed by atoms with van der Waals surface area (Å²) in [6.07, 6.45) is 0.548. The highest BCUT2D eigenvalue weighted by Crippen LogP contribution is 2.39. The Morgan fingerprint density at radius 1 is 1.50 bits per heavy atom. The molecule has 0 amide bonds. The Morgan fingerprint density at radius 3 is 2.81 bits per heavy atom. The molecule has 16 heavy (non-hydrogen) atoms. The van der Waals surface area contributed by atoms with Gasteiger partial charge in [-0.05, 0) is 19.4 Å². The first kappa shape index (κ1) is 11.5. The molecule has 88 valence electrons. The Labute approximate surface area is 92.9 Å². The first-order chi connectivity index (χ1) is 7.55. The molecule has 0 spiro atoms. The second-order valence-electron chi connectivity index (χ2n) is 4.42. The van der Waals surface area contributed by atoms with Crippen molar-refractivity contribution in [2.45, 2.75) is 18.9 Å². The van der Waals surface area contributed by atoms with E-state index in [-0.39, 0.29) is 12.5 Å². The highest BCUT2D eigenvalue weighted by Gasteiger charge is 2.39. The topological polar surface area (TPSA) is 29.5 Å². The minimum atomic E-state index is -0.759. The number of ether oxygens (including phenoxy) is 1. The molecule has 0 bridgehead atoms. The van der Waals surface area contributed by atoms with Crippen LogP contribution in [0.15, 0.2) is 18.2 Å². The molecule has 0 radical (unpaired) electrons. The molecular formula is C12H14F2O2. The highest BCUT2D eigenvalue weighted by molar-refractivity contribution is 5.25. The number of hydrogen-bond acceptors (Lipinski definition) is 2. The zero-order valence-corrected chi connectivity index (χ0v) is 9.04. The van der Waals surface area contributed by atoms with Crippen molar-refractivity contribution in [1.29, 1.82) is 0 Å². The van der Waals surface area contributed by atoms with Crippen molar-refractivity contribution in [2.75, 3.05) is 13.2 Å². The molecular weight excluding hydrogens is 214 g/mol. The summed E-state index contributed by atoms with van der Waals surface area (Å²) in [5.74, 6) is -1.17. The first-order valence-corrected chi connectivity index (χ1v) is 5.25. The van der Waals surface area contributed by atoms with Crippen LogP contribution in [0, 0.1) is 17.6 Å². The lowest BCUT2D eigenvalue weighted by atomic mass is 9.89. The summed E-state index contributed by atoms with van der Waals surface area (Å²) in [6.45, 7) is 2.20. The third-order valence-electron chi connectivity index (χ3n) is 3.07. The molecule has 1 aliphatic heterocycles. The maximum absolute atomic E-state index is 13.6. The zero-order chi connectivity index (χ0) is 11.8. The molecule has 1 fully saturated rings. The Balaban J connectivity index is 2.30. The number of aliphatic hydroxyl groups is 1. The van der Waals surface area contributed by atoms with E-state index in [9.17, 15) is 8.78 Å². The van der Waals surface area contributed by atoms with Gasteiger partial charge in [-0.25, -0.2) is 8.78 Å². The third-order valence-corrected chi connectivity index (χ3v) is 3.07. The van der Waals surface area contributed by atoms with Crippen LogP contribution in [-0.4, -0.2) is 18.3 Å². The SMILES string of the molecule is C[C@@]1(c2ccc(F)cc2F)C[C@H](CO)CO1. The van der Waals surface area contributed by atoms with E-state index >= 15 is 0 Å². The maximum Gasteiger partial charge on any atom is 0.132 e. The summed E-state index contributed by atoms with van der Waals surface area (Å²) in [5.41, 5.74) is -0.407. The molecule has 2 atom stereocenters. The zero-order valence-electron chi connectivity index (χ0n) is 9.04. The van der Waals surface area contributed by atoms with E-state index in [1.54, 1.807) is 6.92 Å². The van der Waals surface area contributed by atoms with Crippen LogP contribution in [0.2, 0.25) is 0 Å². The van der Waals surface area contributed by atoms with Gasteiger partial charge in [0.1, 0.15) is 11.6 Å². The quantitative estimate of drug-likeness (QED) is 0.841. The normalized spacial score (nSPS) is 29.6. The first-order valence-electron chi connectivity index (χ1n) is 5.25. The second kappa shape index (κ2) is 4.11. The van der Waals surface area contributed by atoms with Crippen LogP contribution in [-0.2, 0) is 10.3 Å². The van der Waals surface area contributed by atoms with Gasteiger partial charge in [-0.2, -0.15) is 0 Å². The van der Waals surface area contributed by atoms with Crippen LogP contribution in [0.4, 0.5) is 8.78 Å². The van der Waals surface area contributed by atoms with Gasteiger partial charge in [0.15, 0.2) is 0 Å². The molecule has 2 nitrogen and oxygen atoms in total. The second-order valence-corrected chi connectivity index (χ2v) is 4.42. The van der Waals surface area contributed by atoms with Crippen LogP contribution in [0.5, 0.6) is 0 Å². The molecule has 1 aromatic rings. The fourth-order valence-electron chi connectivity index (χ4n) is 2.19. The van der Waals surface area contributed by atoms with Crippen LogP contribution < -0.4 is 0 Å². The van der Waals surface area contributed by atoms with Gasteiger partial charge in [0.05, 0.1) is 12.2 Å². The molecule has 1 N–H and O–H groups in total. The van der Waals surface area contributed by atoms with Crippen molar-refractivity contribution in [3.63, 3.8) is 0 Å². The Hall–Kier alpha value is -1.00. The Bertz CT molecular complexity index is 395. The molecule has 1 aromatic carbocycles. The molecule has 1 saturated heterocycles. The molecule has 0 aromatic heterocycles. The standard InChI is InChI=1S/C12H14F2O2/c1-12(5-8(6-15)7-16-12)10-3-2-9(13)4-11(10)14/h2-4,8,15H,5-7H2,1H3/t8-,12+/m1/s1. The third kappa shape index (κ3) is 1.95. The van der Waals surface area contributed by atoms with E-state index < -0.39 is 17.2 Å². The molecule has 1 heterocycles. The van der Waals surface area contributed by atoms with E-state index in [1.807, 2.05) is 0 Å². The van der Waals surface area contributed by atoms with Crippen molar-refractivity contribution >= 4 is 0 Å². The Morgan fingerprint density at radius 2 is 2.25 bits per heavy atom. The minimum absolute atomic E-state index is 0.0226. The molecule has 2 rings (SSSR count). The number of halogens is 2. The van der Waals surface area contributed by atoms with Gasteiger partial charge in [0.25, 0.3) is 0 Å². The number of benzene rings is 1. The fraction of sp³-hybridized carbons (Fsp3) is 0.500. The van der Waals surface area contributed by atoms with Crippen LogP contribution >= 0.6 is 0 Å². The van der Waals surface area contributed by atoms with Gasteiger partial charge >= 0.3 is 0 Å². The van der Waals surface area contributed by atoms with E-state index in [2.05, 4.69) is 0 Å². The number of aliphatic hydroxyl groups excluding tert-OH is 1. The predicted molar refractivity (Wildman–Crippen MR) is 54.9 cm³/mol. The fourth-order valence-corrected chi connectivity index (χ4v) is 2.19. The smallest absolute Gasteiger partial charge is 0.132 e. The van der Waals surface area contributed by atoms with E-state index in [0.29, 0.717) is 18.6 Å². The lowest BCUT2D eigenvalue weighted by Gasteiger charge is -2.24. The summed E-state index contributed by atoms with van der Waals surface area (Å²) < 4.78 is 31.9. The van der Waals surface area contributed by atoms with Crippen molar-refractivity contribution < 1.29 is 18.6 Å². The maximum atomic E-state index is 13.6. The van der Waals surface area contributed by atoms with E-state index in [4.69, 9.17) is 9.84 Å². The molecule has 0 aliphatic carbocycles. The summed E-state index contributed by atoms with van der Waals surface area (Å²) >= 11 is 0. The van der Waals surface area contributed by atoms with E-state index in [1.165, 1.54) is 12.1 Å². The van der Waals surface area contributed by atoms with Crippen molar-refractivity contribution in [2.24, 2.45) is 5.92 Å². The van der Waals surface area contributed by atoms with Gasteiger partial charge in [-0.3, -0.25) is 0 Å². The summed E-state index contributed by atoms with van der Waals surface area (Å²) in [7, 11) is 0. The highest BCUT2D eigenvalue weighted by atomic mass is 19.1. The van der Waals surface area contributed by atoms with Crippen LogP contribution in [0.3, 0.4) is 0 Å². The van der Waals surface area contributed by atoms with Gasteiger partial charge in [0, 0.05) is 24.2 Å². The van der Waals surface area contributed by atoms with Gasteiger partial charge in [0.2, 0.25) is 0 Å². The molecule has 0 saturated carbocycles. The van der Waals surface area contributed by atoms with Crippen molar-refractivity contribution in [3.05, 3.63) is 35.4 Å². The number of rotatable bonds is 2. The lowest BCUT2D eigenvalue weighted by molar-refractivity contribution is 0.0120. The van der Waals surface area contributed by atoms with Gasteiger partial charge < -0.3 is 9.84 Å².